The largest absolute Gasteiger partial charge is 0.478 e. The number of hydrogen-bond acceptors (Lipinski definition) is 4. The van der Waals surface area contributed by atoms with E-state index < -0.39 is 0 Å². The Morgan fingerprint density at radius 3 is 2.50 bits per heavy atom. The van der Waals surface area contributed by atoms with Gasteiger partial charge in [-0.05, 0) is 36.2 Å². The van der Waals surface area contributed by atoms with Crippen molar-refractivity contribution in [2.45, 2.75) is 51.9 Å². The van der Waals surface area contributed by atoms with Crippen LogP contribution in [0.2, 0.25) is 0 Å². The second-order valence-corrected chi connectivity index (χ2v) is 7.87. The Morgan fingerprint density at radius 2 is 1.75 bits per heavy atom. The van der Waals surface area contributed by atoms with Gasteiger partial charge in [0.25, 0.3) is 0 Å². The zero-order valence-electron chi connectivity index (χ0n) is 16.4. The monoisotopic (exact) mass is 398 g/mol. The molecule has 0 amide bonds. The van der Waals surface area contributed by atoms with Crippen LogP contribution in [-0.4, -0.2) is 16.6 Å². The molecule has 2 heterocycles. The minimum atomic E-state index is -0.232. The summed E-state index contributed by atoms with van der Waals surface area (Å²) in [5, 5.41) is 3.02. The predicted octanol–water partition coefficient (Wildman–Crippen LogP) is 6.67. The fourth-order valence-electron chi connectivity index (χ4n) is 2.98. The molecule has 0 bridgehead atoms. The van der Waals surface area contributed by atoms with Crippen molar-refractivity contribution in [3.8, 4) is 17.1 Å². The minimum Gasteiger partial charge on any atom is -0.478 e. The number of ether oxygens (including phenoxy) is 1. The molecule has 3 rings (SSSR count). The van der Waals surface area contributed by atoms with E-state index in [1.807, 2.05) is 23.7 Å². The summed E-state index contributed by atoms with van der Waals surface area (Å²) in [6.45, 7) is 2.96. The van der Waals surface area contributed by atoms with Gasteiger partial charge in [0.05, 0.1) is 17.3 Å². The SMILES string of the molecule is CCCCCCCCOc1ccc(Cc2nc(-c3ccc(F)cc3)cs2)cn1. The number of benzene rings is 1. The molecule has 0 saturated heterocycles. The first kappa shape index (κ1) is 20.5. The molecule has 3 nitrogen and oxygen atoms in total. The first-order chi connectivity index (χ1) is 13.7. The Morgan fingerprint density at radius 1 is 0.964 bits per heavy atom. The maximum Gasteiger partial charge on any atom is 0.213 e. The molecule has 5 heteroatoms. The van der Waals surface area contributed by atoms with Crippen molar-refractivity contribution in [3.63, 3.8) is 0 Å². The molecular formula is C23H27FN2OS. The molecule has 0 aliphatic rings. The third kappa shape index (κ3) is 6.41. The third-order valence-electron chi connectivity index (χ3n) is 4.59. The third-order valence-corrected chi connectivity index (χ3v) is 5.44. The van der Waals surface area contributed by atoms with Crippen LogP contribution in [0.1, 0.15) is 56.0 Å². The van der Waals surface area contributed by atoms with Crippen LogP contribution >= 0.6 is 11.3 Å². The Hall–Kier alpha value is -2.27. The molecule has 3 aromatic rings. The van der Waals surface area contributed by atoms with Gasteiger partial charge in [-0.15, -0.1) is 11.3 Å². The highest BCUT2D eigenvalue weighted by Gasteiger charge is 2.06. The number of rotatable bonds is 11. The fourth-order valence-corrected chi connectivity index (χ4v) is 3.82. The van der Waals surface area contributed by atoms with Crippen molar-refractivity contribution < 1.29 is 9.13 Å². The van der Waals surface area contributed by atoms with Gasteiger partial charge in [0.1, 0.15) is 5.82 Å². The van der Waals surface area contributed by atoms with Crippen LogP contribution in [0.5, 0.6) is 5.88 Å². The highest BCUT2D eigenvalue weighted by atomic mass is 32.1. The molecule has 1 aromatic carbocycles. The van der Waals surface area contributed by atoms with Gasteiger partial charge in [-0.3, -0.25) is 0 Å². The van der Waals surface area contributed by atoms with Gasteiger partial charge in [-0.2, -0.15) is 0 Å². The molecule has 0 N–H and O–H groups in total. The number of aromatic nitrogens is 2. The molecule has 0 spiro atoms. The molecule has 0 radical (unpaired) electrons. The van der Waals surface area contributed by atoms with E-state index in [4.69, 9.17) is 4.74 Å². The number of pyridine rings is 1. The van der Waals surface area contributed by atoms with Crippen molar-refractivity contribution in [3.05, 3.63) is 64.4 Å². The molecule has 0 saturated carbocycles. The molecule has 148 valence electrons. The fraction of sp³-hybridized carbons (Fsp3) is 0.391. The topological polar surface area (TPSA) is 35.0 Å². The Balaban J connectivity index is 1.45. The smallest absolute Gasteiger partial charge is 0.213 e. The van der Waals surface area contributed by atoms with E-state index in [2.05, 4.69) is 16.9 Å². The Kier molecular flexibility index (Phi) is 7.97. The van der Waals surface area contributed by atoms with E-state index in [-0.39, 0.29) is 5.82 Å². The van der Waals surface area contributed by atoms with Crippen LogP contribution in [0.4, 0.5) is 4.39 Å². The van der Waals surface area contributed by atoms with Gasteiger partial charge < -0.3 is 4.74 Å². The summed E-state index contributed by atoms with van der Waals surface area (Å²) < 4.78 is 18.8. The second kappa shape index (κ2) is 10.9. The standard InChI is InChI=1S/C23H27FN2OS/c1-2-3-4-5-6-7-14-27-22-13-8-18(16-25-22)15-23-26-21(17-28-23)19-9-11-20(24)12-10-19/h8-13,16-17H,2-7,14-15H2,1H3. The summed E-state index contributed by atoms with van der Waals surface area (Å²) in [5.74, 6) is 0.451. The summed E-state index contributed by atoms with van der Waals surface area (Å²) in [6.07, 6.45) is 10.1. The van der Waals surface area contributed by atoms with E-state index in [1.165, 1.54) is 44.2 Å². The lowest BCUT2D eigenvalue weighted by atomic mass is 10.1. The molecule has 28 heavy (non-hydrogen) atoms. The summed E-state index contributed by atoms with van der Waals surface area (Å²) in [6, 6.07) is 10.4. The first-order valence-electron chi connectivity index (χ1n) is 10.0. The normalized spacial score (nSPS) is 10.9. The summed E-state index contributed by atoms with van der Waals surface area (Å²) in [5.41, 5.74) is 2.92. The Labute approximate surface area is 170 Å². The number of unbranched alkanes of at least 4 members (excludes halogenated alkanes) is 5. The summed E-state index contributed by atoms with van der Waals surface area (Å²) >= 11 is 1.61. The van der Waals surface area contributed by atoms with E-state index >= 15 is 0 Å². The van der Waals surface area contributed by atoms with Gasteiger partial charge in [0.2, 0.25) is 5.88 Å². The number of halogens is 1. The average Bonchev–Trinajstić information content (AvgIpc) is 3.17. The first-order valence-corrected chi connectivity index (χ1v) is 10.9. The van der Waals surface area contributed by atoms with Gasteiger partial charge in [0, 0.05) is 29.6 Å². The zero-order chi connectivity index (χ0) is 19.6. The molecule has 0 aliphatic carbocycles. The molecular weight excluding hydrogens is 371 g/mol. The second-order valence-electron chi connectivity index (χ2n) is 6.93. The van der Waals surface area contributed by atoms with Crippen molar-refractivity contribution >= 4 is 11.3 Å². The molecule has 0 atom stereocenters. The molecule has 2 aromatic heterocycles. The van der Waals surface area contributed by atoms with E-state index in [1.54, 1.807) is 23.5 Å². The van der Waals surface area contributed by atoms with Crippen molar-refractivity contribution in [1.29, 1.82) is 0 Å². The highest BCUT2D eigenvalue weighted by molar-refractivity contribution is 7.10. The number of nitrogens with zero attached hydrogens (tertiary/aromatic N) is 2. The quantitative estimate of drug-likeness (QED) is 0.338. The van der Waals surface area contributed by atoms with Crippen molar-refractivity contribution in [2.24, 2.45) is 0 Å². The van der Waals surface area contributed by atoms with Gasteiger partial charge >= 0.3 is 0 Å². The Bertz CT molecular complexity index is 831. The summed E-state index contributed by atoms with van der Waals surface area (Å²) in [7, 11) is 0. The average molecular weight is 399 g/mol. The molecule has 0 aliphatic heterocycles. The van der Waals surface area contributed by atoms with Crippen LogP contribution in [-0.2, 0) is 6.42 Å². The summed E-state index contributed by atoms with van der Waals surface area (Å²) in [4.78, 5) is 9.07. The minimum absolute atomic E-state index is 0.232. The van der Waals surface area contributed by atoms with Crippen LogP contribution in [0, 0.1) is 5.82 Å². The lowest BCUT2D eigenvalue weighted by Gasteiger charge is -2.06. The van der Waals surface area contributed by atoms with Crippen LogP contribution in [0.25, 0.3) is 11.3 Å². The van der Waals surface area contributed by atoms with Crippen LogP contribution < -0.4 is 4.74 Å². The van der Waals surface area contributed by atoms with Crippen molar-refractivity contribution in [2.75, 3.05) is 6.61 Å². The lowest BCUT2D eigenvalue weighted by Crippen LogP contribution is -1.99. The van der Waals surface area contributed by atoms with Crippen LogP contribution in [0.15, 0.2) is 48.0 Å². The molecule has 0 fully saturated rings. The zero-order valence-corrected chi connectivity index (χ0v) is 17.2. The van der Waals surface area contributed by atoms with Crippen LogP contribution in [0.3, 0.4) is 0 Å². The number of hydrogen-bond donors (Lipinski definition) is 0. The predicted molar refractivity (Wildman–Crippen MR) is 113 cm³/mol. The molecule has 0 unspecified atom stereocenters. The van der Waals surface area contributed by atoms with E-state index in [9.17, 15) is 4.39 Å². The number of thiazole rings is 1. The van der Waals surface area contributed by atoms with E-state index in [0.29, 0.717) is 5.88 Å². The van der Waals surface area contributed by atoms with Gasteiger partial charge in [-0.25, -0.2) is 14.4 Å². The lowest BCUT2D eigenvalue weighted by molar-refractivity contribution is 0.293. The van der Waals surface area contributed by atoms with Gasteiger partial charge in [-0.1, -0.05) is 45.1 Å². The maximum atomic E-state index is 13.1. The highest BCUT2D eigenvalue weighted by Crippen LogP contribution is 2.24. The van der Waals surface area contributed by atoms with Gasteiger partial charge in [0.15, 0.2) is 0 Å². The maximum absolute atomic E-state index is 13.1. The van der Waals surface area contributed by atoms with Crippen molar-refractivity contribution in [1.82, 2.24) is 9.97 Å². The van der Waals surface area contributed by atoms with E-state index in [0.717, 1.165) is 41.3 Å².